The molecule has 0 atom stereocenters. The molecule has 0 bridgehead atoms. The van der Waals surface area contributed by atoms with Gasteiger partial charge in [-0.05, 0) is 48.2 Å². The molecule has 0 spiro atoms. The van der Waals surface area contributed by atoms with Gasteiger partial charge in [-0.25, -0.2) is 0 Å². The topological polar surface area (TPSA) is 12.9 Å². The zero-order valence-electron chi connectivity index (χ0n) is 17.5. The standard InChI is InChI=1S/C18H15P.C11H8N.Pt/c1-4-10-16(11-5-1)19(17-12-6-2-7-13-17)18-14-8-3-9-15-18;1-2-6-10(7-3-1)11-8-4-5-9-12-11;/h1-15H;1-6,8-9H;/q;-1;/p+1. The Labute approximate surface area is 206 Å². The molecular weight excluding hydrogens is 588 g/mol. The molecule has 5 aromatic rings. The molecule has 0 amide bonds. The molecule has 0 fully saturated rings. The summed E-state index contributed by atoms with van der Waals surface area (Å²) in [7, 11) is -0.877. The molecule has 1 nitrogen and oxygen atoms in total. The molecule has 160 valence electrons. The number of rotatable bonds is 4. The van der Waals surface area contributed by atoms with Crippen LogP contribution in [0.15, 0.2) is 140 Å². The molecule has 0 saturated heterocycles. The van der Waals surface area contributed by atoms with E-state index in [1.807, 2.05) is 42.5 Å². The van der Waals surface area contributed by atoms with Crippen LogP contribution >= 0.6 is 7.92 Å². The molecule has 0 aliphatic carbocycles. The van der Waals surface area contributed by atoms with Crippen molar-refractivity contribution in [2.24, 2.45) is 0 Å². The van der Waals surface area contributed by atoms with Gasteiger partial charge < -0.3 is 4.98 Å². The first-order chi connectivity index (χ1) is 15.4. The van der Waals surface area contributed by atoms with E-state index >= 15 is 0 Å². The van der Waals surface area contributed by atoms with Gasteiger partial charge in [0.1, 0.15) is 15.9 Å². The maximum Gasteiger partial charge on any atom is 0.102 e. The number of aromatic nitrogens is 1. The zero-order valence-corrected chi connectivity index (χ0v) is 20.8. The molecule has 0 aliphatic heterocycles. The fraction of sp³-hybridized carbons (Fsp3) is 0. The molecule has 4 aromatic carbocycles. The summed E-state index contributed by atoms with van der Waals surface area (Å²) in [6.07, 6.45) is 1.79. The van der Waals surface area contributed by atoms with Crippen molar-refractivity contribution in [2.75, 3.05) is 0 Å². The molecule has 5 rings (SSSR count). The third-order valence-electron chi connectivity index (χ3n) is 4.84. The third kappa shape index (κ3) is 6.57. The second-order valence-electron chi connectivity index (χ2n) is 6.96. The van der Waals surface area contributed by atoms with Gasteiger partial charge in [-0.2, -0.15) is 0 Å². The molecule has 0 saturated carbocycles. The number of nitrogens with zero attached hydrogens (tertiary/aromatic N) is 1. The van der Waals surface area contributed by atoms with E-state index < -0.39 is 7.92 Å². The van der Waals surface area contributed by atoms with Crippen LogP contribution in [0.25, 0.3) is 11.3 Å². The number of hydrogen-bond acceptors (Lipinski definition) is 1. The summed E-state index contributed by atoms with van der Waals surface area (Å²) < 4.78 is 0. The van der Waals surface area contributed by atoms with Crippen LogP contribution in [-0.2, 0) is 21.1 Å². The minimum atomic E-state index is -0.877. The van der Waals surface area contributed by atoms with E-state index in [2.05, 4.69) is 102 Å². The van der Waals surface area contributed by atoms with E-state index in [-0.39, 0.29) is 21.1 Å². The van der Waals surface area contributed by atoms with Crippen molar-refractivity contribution in [1.82, 2.24) is 4.98 Å². The van der Waals surface area contributed by atoms with Crippen LogP contribution in [0.1, 0.15) is 0 Å². The molecule has 0 radical (unpaired) electrons. The van der Waals surface area contributed by atoms with Gasteiger partial charge in [-0.3, -0.25) is 0 Å². The first-order valence-corrected chi connectivity index (χ1v) is 11.8. The van der Waals surface area contributed by atoms with Gasteiger partial charge in [0.2, 0.25) is 0 Å². The van der Waals surface area contributed by atoms with E-state index in [9.17, 15) is 0 Å². The first-order valence-electron chi connectivity index (χ1n) is 10.3. The van der Waals surface area contributed by atoms with Gasteiger partial charge >= 0.3 is 0 Å². The summed E-state index contributed by atoms with van der Waals surface area (Å²) in [4.78, 5) is 4.22. The first kappa shape index (κ1) is 23.8. The third-order valence-corrected chi connectivity index (χ3v) is 7.57. The molecule has 3 heteroatoms. The minimum Gasteiger partial charge on any atom is -0.305 e. The molecular formula is C29H24NPPt. The Hall–Kier alpha value is -2.85. The van der Waals surface area contributed by atoms with Gasteiger partial charge in [0, 0.05) is 27.3 Å². The van der Waals surface area contributed by atoms with Crippen LogP contribution < -0.4 is 15.9 Å². The zero-order chi connectivity index (χ0) is 21.1. The Balaban J connectivity index is 0.000000193. The van der Waals surface area contributed by atoms with Crippen molar-refractivity contribution >= 4 is 23.8 Å². The van der Waals surface area contributed by atoms with Gasteiger partial charge in [0.05, 0.1) is 7.92 Å². The van der Waals surface area contributed by atoms with Crippen LogP contribution in [-0.4, -0.2) is 4.98 Å². The molecule has 0 aliphatic rings. The number of hydrogen-bond donors (Lipinski definition) is 0. The monoisotopic (exact) mass is 612 g/mol. The van der Waals surface area contributed by atoms with Gasteiger partial charge in [0.15, 0.2) is 0 Å². The summed E-state index contributed by atoms with van der Waals surface area (Å²) in [6.45, 7) is 0. The Morgan fingerprint density at radius 2 is 0.969 bits per heavy atom. The second-order valence-corrected chi connectivity index (χ2v) is 9.45. The summed E-state index contributed by atoms with van der Waals surface area (Å²) >= 11 is 0. The molecule has 1 heterocycles. The Kier molecular flexibility index (Phi) is 9.57. The van der Waals surface area contributed by atoms with Crippen molar-refractivity contribution in [3.8, 4) is 11.3 Å². The smallest absolute Gasteiger partial charge is 0.102 e. The van der Waals surface area contributed by atoms with Gasteiger partial charge in [0.25, 0.3) is 0 Å². The van der Waals surface area contributed by atoms with E-state index in [0.29, 0.717) is 0 Å². The number of benzene rings is 4. The normalized spacial score (nSPS) is 9.91. The number of pyridine rings is 1. The second kappa shape index (κ2) is 12.9. The van der Waals surface area contributed by atoms with E-state index in [1.54, 1.807) is 6.20 Å². The maximum atomic E-state index is 4.22. The Morgan fingerprint density at radius 3 is 1.38 bits per heavy atom. The van der Waals surface area contributed by atoms with Crippen LogP contribution in [0.3, 0.4) is 0 Å². The molecule has 1 aromatic heterocycles. The van der Waals surface area contributed by atoms with E-state index in [1.165, 1.54) is 15.9 Å². The van der Waals surface area contributed by atoms with Gasteiger partial charge in [-0.15, -0.1) is 35.9 Å². The fourth-order valence-corrected chi connectivity index (χ4v) is 5.97. The Morgan fingerprint density at radius 1 is 0.500 bits per heavy atom. The average Bonchev–Trinajstić information content (AvgIpc) is 2.88. The fourth-order valence-electron chi connectivity index (χ4n) is 3.39. The molecule has 0 N–H and O–H groups in total. The minimum absolute atomic E-state index is 0. The van der Waals surface area contributed by atoms with E-state index in [4.69, 9.17) is 0 Å². The largest absolute Gasteiger partial charge is 0.305 e. The Bertz CT molecular complexity index is 1020. The van der Waals surface area contributed by atoms with Gasteiger partial charge in [-0.1, -0.05) is 66.7 Å². The van der Waals surface area contributed by atoms with Crippen molar-refractivity contribution in [3.63, 3.8) is 0 Å². The maximum absolute atomic E-state index is 4.22. The van der Waals surface area contributed by atoms with Crippen LogP contribution in [0.4, 0.5) is 0 Å². The predicted octanol–water partition coefficient (Wildman–Crippen LogP) is 5.72. The predicted molar refractivity (Wildman–Crippen MR) is 135 cm³/mol. The van der Waals surface area contributed by atoms with Crippen molar-refractivity contribution in [3.05, 3.63) is 146 Å². The molecule has 32 heavy (non-hydrogen) atoms. The SMILES string of the molecule is [Pt].[c-]1ccccc1-c1ccccn1.c1ccc([PH+](c2ccccc2)c2ccccc2)cc1. The van der Waals surface area contributed by atoms with Crippen LogP contribution in [0.2, 0.25) is 0 Å². The van der Waals surface area contributed by atoms with E-state index in [0.717, 1.165) is 11.3 Å². The van der Waals surface area contributed by atoms with Crippen LogP contribution in [0, 0.1) is 6.07 Å². The quantitative estimate of drug-likeness (QED) is 0.187. The summed E-state index contributed by atoms with van der Waals surface area (Å²) in [5.74, 6) is 0. The van der Waals surface area contributed by atoms with Crippen LogP contribution in [0.5, 0.6) is 0 Å². The average molecular weight is 613 g/mol. The van der Waals surface area contributed by atoms with Crippen molar-refractivity contribution in [1.29, 1.82) is 0 Å². The summed E-state index contributed by atoms with van der Waals surface area (Å²) in [5, 5.41) is 4.31. The summed E-state index contributed by atoms with van der Waals surface area (Å²) in [5.41, 5.74) is 2.01. The van der Waals surface area contributed by atoms with Crippen molar-refractivity contribution < 1.29 is 21.1 Å². The molecule has 0 unspecified atom stereocenters. The van der Waals surface area contributed by atoms with Crippen molar-refractivity contribution in [2.45, 2.75) is 0 Å². The summed E-state index contributed by atoms with van der Waals surface area (Å²) in [6, 6.07) is 49.3.